The molecule has 12 heteroatoms. The van der Waals surface area contributed by atoms with E-state index in [9.17, 15) is 9.18 Å². The lowest BCUT2D eigenvalue weighted by Crippen LogP contribution is -2.36. The molecule has 2 aliphatic heterocycles. The topological polar surface area (TPSA) is 120 Å². The summed E-state index contributed by atoms with van der Waals surface area (Å²) in [5.41, 5.74) is 9.62. The van der Waals surface area contributed by atoms with Gasteiger partial charge in [0.05, 0.1) is 29.3 Å². The van der Waals surface area contributed by atoms with Gasteiger partial charge in [0.25, 0.3) is 5.91 Å². The van der Waals surface area contributed by atoms with Crippen LogP contribution in [0.25, 0.3) is 21.6 Å². The summed E-state index contributed by atoms with van der Waals surface area (Å²) in [5.74, 6) is -1.27. The van der Waals surface area contributed by atoms with Gasteiger partial charge in [0.1, 0.15) is 12.0 Å². The standard InChI is InChI=1S/C25H22FN7O3S/c1-14-10-15(4-5-28-14)24-33(18(13-36-24)22(27)34)17-11-19-23(30-21(17)16-2-3-20(26)29-12-16)31-25(37-19)32-6-8-35-9-7-32/h2-5,10-13,24H,6-9H2,1H3,(H2,27,34). The summed E-state index contributed by atoms with van der Waals surface area (Å²) in [4.78, 5) is 34.1. The van der Waals surface area contributed by atoms with Crippen molar-refractivity contribution in [1.29, 1.82) is 0 Å². The summed E-state index contributed by atoms with van der Waals surface area (Å²) in [6.07, 6.45) is 3.74. The van der Waals surface area contributed by atoms with E-state index in [2.05, 4.69) is 14.9 Å². The number of morpholine rings is 1. The highest BCUT2D eigenvalue weighted by Crippen LogP contribution is 2.43. The van der Waals surface area contributed by atoms with Crippen LogP contribution in [0.5, 0.6) is 0 Å². The molecule has 0 aliphatic carbocycles. The summed E-state index contributed by atoms with van der Waals surface area (Å²) < 4.78 is 25.9. The molecule has 2 N–H and O–H groups in total. The molecule has 1 amide bonds. The van der Waals surface area contributed by atoms with Crippen molar-refractivity contribution in [2.45, 2.75) is 13.2 Å². The molecule has 37 heavy (non-hydrogen) atoms. The lowest BCUT2D eigenvalue weighted by molar-refractivity contribution is -0.114. The molecular formula is C25H22FN7O3S. The van der Waals surface area contributed by atoms with E-state index < -0.39 is 18.1 Å². The molecule has 10 nitrogen and oxygen atoms in total. The normalized spacial score (nSPS) is 17.7. The number of amides is 1. The quantitative estimate of drug-likeness (QED) is 0.396. The number of anilines is 2. The smallest absolute Gasteiger partial charge is 0.268 e. The average Bonchev–Trinajstić information content (AvgIpc) is 3.53. The Kier molecular flexibility index (Phi) is 5.89. The van der Waals surface area contributed by atoms with Gasteiger partial charge in [-0.15, -0.1) is 0 Å². The van der Waals surface area contributed by atoms with Gasteiger partial charge in [-0.2, -0.15) is 9.37 Å². The number of carbonyl (C=O) groups is 1. The molecule has 1 unspecified atom stereocenters. The van der Waals surface area contributed by atoms with Crippen molar-refractivity contribution in [3.8, 4) is 11.3 Å². The Bertz CT molecular complexity index is 1520. The second-order valence-electron chi connectivity index (χ2n) is 8.60. The van der Waals surface area contributed by atoms with Crippen molar-refractivity contribution in [3.63, 3.8) is 0 Å². The first-order valence-electron chi connectivity index (χ1n) is 11.6. The van der Waals surface area contributed by atoms with Crippen LogP contribution in [-0.2, 0) is 14.3 Å². The van der Waals surface area contributed by atoms with Crippen LogP contribution in [0.3, 0.4) is 0 Å². The molecule has 6 rings (SSSR count). The number of pyridine rings is 3. The Labute approximate surface area is 215 Å². The third kappa shape index (κ3) is 4.34. The number of ether oxygens (including phenoxy) is 2. The molecule has 6 heterocycles. The van der Waals surface area contributed by atoms with Gasteiger partial charge >= 0.3 is 0 Å². The minimum absolute atomic E-state index is 0.162. The average molecular weight is 520 g/mol. The number of nitrogens with zero attached hydrogens (tertiary/aromatic N) is 6. The molecule has 2 aliphatic rings. The molecular weight excluding hydrogens is 497 g/mol. The number of hydrogen-bond acceptors (Lipinski definition) is 10. The number of rotatable bonds is 5. The summed E-state index contributed by atoms with van der Waals surface area (Å²) in [7, 11) is 0. The van der Waals surface area contributed by atoms with Crippen LogP contribution in [-0.4, -0.2) is 52.1 Å². The lowest BCUT2D eigenvalue weighted by Gasteiger charge is -2.28. The minimum atomic E-state index is -0.692. The molecule has 1 fully saturated rings. The molecule has 4 aromatic rings. The summed E-state index contributed by atoms with van der Waals surface area (Å²) in [6.45, 7) is 4.61. The second kappa shape index (κ2) is 9.37. The fraction of sp³-hybridized carbons (Fsp3) is 0.240. The Balaban J connectivity index is 1.54. The number of fused-ring (bicyclic) bond motifs is 1. The van der Waals surface area contributed by atoms with E-state index in [0.717, 1.165) is 34.2 Å². The Morgan fingerprint density at radius 3 is 2.73 bits per heavy atom. The van der Waals surface area contributed by atoms with E-state index in [1.165, 1.54) is 29.9 Å². The van der Waals surface area contributed by atoms with Crippen LogP contribution >= 0.6 is 11.3 Å². The van der Waals surface area contributed by atoms with Crippen LogP contribution < -0.4 is 15.5 Å². The van der Waals surface area contributed by atoms with Gasteiger partial charge in [0.15, 0.2) is 10.8 Å². The van der Waals surface area contributed by atoms with E-state index in [1.54, 1.807) is 17.2 Å². The van der Waals surface area contributed by atoms with Crippen LogP contribution in [0.15, 0.2) is 54.7 Å². The van der Waals surface area contributed by atoms with Gasteiger partial charge < -0.3 is 20.1 Å². The minimum Gasteiger partial charge on any atom is -0.471 e. The molecule has 4 aromatic heterocycles. The third-order valence-corrected chi connectivity index (χ3v) is 7.21. The van der Waals surface area contributed by atoms with Crippen LogP contribution in [0.1, 0.15) is 17.5 Å². The fourth-order valence-corrected chi connectivity index (χ4v) is 5.39. The van der Waals surface area contributed by atoms with Gasteiger partial charge in [0, 0.05) is 42.3 Å². The number of thiazole rings is 1. The maximum atomic E-state index is 13.7. The molecule has 1 saturated heterocycles. The monoisotopic (exact) mass is 519 g/mol. The molecule has 0 saturated carbocycles. The van der Waals surface area contributed by atoms with E-state index in [1.807, 2.05) is 25.1 Å². The van der Waals surface area contributed by atoms with Gasteiger partial charge in [-0.3, -0.25) is 14.7 Å². The SMILES string of the molecule is Cc1cc(C2OC=C(C(N)=O)N2c2cc3sc(N4CCOCC4)nc3nc2-c2ccc(F)nc2)ccn1. The van der Waals surface area contributed by atoms with Crippen LogP contribution in [0.2, 0.25) is 0 Å². The number of aromatic nitrogens is 4. The second-order valence-corrected chi connectivity index (χ2v) is 9.61. The molecule has 1 atom stereocenters. The third-order valence-electron chi connectivity index (χ3n) is 6.15. The molecule has 0 radical (unpaired) electrons. The molecule has 0 aromatic carbocycles. The van der Waals surface area contributed by atoms with E-state index in [4.69, 9.17) is 25.2 Å². The molecule has 188 valence electrons. The lowest BCUT2D eigenvalue weighted by atomic mass is 10.1. The number of halogens is 1. The first-order valence-corrected chi connectivity index (χ1v) is 12.4. The number of aryl methyl sites for hydroxylation is 1. The number of hydrogen-bond donors (Lipinski definition) is 1. The van der Waals surface area contributed by atoms with Crippen molar-refractivity contribution < 1.29 is 18.7 Å². The van der Waals surface area contributed by atoms with Gasteiger partial charge in [-0.25, -0.2) is 9.97 Å². The maximum Gasteiger partial charge on any atom is 0.268 e. The zero-order valence-electron chi connectivity index (χ0n) is 19.8. The number of carbonyl (C=O) groups excluding carboxylic acids is 1. The highest BCUT2D eigenvalue weighted by atomic mass is 32.1. The highest BCUT2D eigenvalue weighted by molar-refractivity contribution is 7.22. The Morgan fingerprint density at radius 2 is 2.00 bits per heavy atom. The highest BCUT2D eigenvalue weighted by Gasteiger charge is 2.36. The molecule has 0 spiro atoms. The van der Waals surface area contributed by atoms with Crippen molar-refractivity contribution >= 4 is 38.4 Å². The van der Waals surface area contributed by atoms with Crippen molar-refractivity contribution in [1.82, 2.24) is 19.9 Å². The fourth-order valence-electron chi connectivity index (χ4n) is 4.40. The number of primary amides is 1. The van der Waals surface area contributed by atoms with E-state index in [-0.39, 0.29) is 5.70 Å². The van der Waals surface area contributed by atoms with Crippen LogP contribution in [0.4, 0.5) is 15.2 Å². The largest absolute Gasteiger partial charge is 0.471 e. The van der Waals surface area contributed by atoms with Gasteiger partial charge in [-0.1, -0.05) is 11.3 Å². The van der Waals surface area contributed by atoms with Crippen LogP contribution in [0, 0.1) is 12.9 Å². The Morgan fingerprint density at radius 1 is 1.16 bits per heavy atom. The zero-order chi connectivity index (χ0) is 25.5. The van der Waals surface area contributed by atoms with E-state index >= 15 is 0 Å². The first-order chi connectivity index (χ1) is 18.0. The van der Waals surface area contributed by atoms with Crippen molar-refractivity contribution in [2.75, 3.05) is 36.1 Å². The number of nitrogens with two attached hydrogens (primary N) is 1. The Hall–Kier alpha value is -4.16. The van der Waals surface area contributed by atoms with Gasteiger partial charge in [0.2, 0.25) is 12.2 Å². The summed E-state index contributed by atoms with van der Waals surface area (Å²) in [5, 5.41) is 0.829. The van der Waals surface area contributed by atoms with Gasteiger partial charge in [-0.05, 0) is 37.3 Å². The zero-order valence-corrected chi connectivity index (χ0v) is 20.6. The van der Waals surface area contributed by atoms with E-state index in [0.29, 0.717) is 35.8 Å². The summed E-state index contributed by atoms with van der Waals surface area (Å²) >= 11 is 1.50. The summed E-state index contributed by atoms with van der Waals surface area (Å²) in [6, 6.07) is 8.46. The van der Waals surface area contributed by atoms with Crippen molar-refractivity contribution in [2.24, 2.45) is 5.73 Å². The predicted molar refractivity (Wildman–Crippen MR) is 136 cm³/mol. The predicted octanol–water partition coefficient (Wildman–Crippen LogP) is 3.29. The maximum absolute atomic E-state index is 13.7. The molecule has 0 bridgehead atoms. The van der Waals surface area contributed by atoms with Crippen molar-refractivity contribution in [3.05, 3.63) is 71.9 Å². The first kappa shape index (κ1) is 23.3.